The quantitative estimate of drug-likeness (QED) is 0.773. The summed E-state index contributed by atoms with van der Waals surface area (Å²) in [5, 5.41) is 0. The van der Waals surface area contributed by atoms with Crippen molar-refractivity contribution in [2.24, 2.45) is 0 Å². The molecule has 1 aliphatic heterocycles. The lowest BCUT2D eigenvalue weighted by molar-refractivity contribution is 0.0521. The van der Waals surface area contributed by atoms with E-state index in [2.05, 4.69) is 4.98 Å². The summed E-state index contributed by atoms with van der Waals surface area (Å²) in [5.41, 5.74) is -1.53. The van der Waals surface area contributed by atoms with Crippen LogP contribution in [0.2, 0.25) is 0 Å². The molecule has 1 aromatic rings. The van der Waals surface area contributed by atoms with Gasteiger partial charge in [0, 0.05) is 18.3 Å². The van der Waals surface area contributed by atoms with E-state index in [1.165, 1.54) is 10.8 Å². The zero-order valence-corrected chi connectivity index (χ0v) is 12.6. The minimum absolute atomic E-state index is 0.0138. The van der Waals surface area contributed by atoms with Gasteiger partial charge in [0.15, 0.2) is 0 Å². The molecule has 1 saturated heterocycles. The molecule has 0 bridgehead atoms. The van der Waals surface area contributed by atoms with Crippen LogP contribution in [0.4, 0.5) is 4.79 Å². The maximum absolute atomic E-state index is 11.9. The number of nitrogens with one attached hydrogen (secondary N) is 1. The second-order valence-electron chi connectivity index (χ2n) is 5.52. The number of rotatable bonds is 4. The third-order valence-corrected chi connectivity index (χ3v) is 4.18. The summed E-state index contributed by atoms with van der Waals surface area (Å²) < 4.78 is 11.0. The molecule has 2 heterocycles. The second kappa shape index (κ2) is 5.90. The summed E-state index contributed by atoms with van der Waals surface area (Å²) in [6.45, 7) is 2.70. The third kappa shape index (κ3) is 2.73. The minimum Gasteiger partial charge on any atom is -0.462 e. The summed E-state index contributed by atoms with van der Waals surface area (Å²) in [6.07, 6.45) is 2.05. The van der Waals surface area contributed by atoms with Crippen molar-refractivity contribution in [1.29, 1.82) is 0 Å². The molecular weight excluding hydrogens is 306 g/mol. The number of H-pyrrole nitrogens is 1. The largest absolute Gasteiger partial charge is 0.462 e. The van der Waals surface area contributed by atoms with Crippen LogP contribution in [0.15, 0.2) is 15.8 Å². The first-order valence-electron chi connectivity index (χ1n) is 7.47. The second-order valence-corrected chi connectivity index (χ2v) is 5.52. The number of carbonyl (C=O) groups is 2. The maximum Gasteiger partial charge on any atom is 0.410 e. The van der Waals surface area contributed by atoms with E-state index in [0.717, 1.165) is 0 Å². The maximum atomic E-state index is 11.9. The Bertz CT molecular complexity index is 746. The van der Waals surface area contributed by atoms with Gasteiger partial charge in [-0.1, -0.05) is 0 Å². The van der Waals surface area contributed by atoms with Crippen LogP contribution in [-0.2, 0) is 9.47 Å². The molecule has 0 spiro atoms. The Labute approximate surface area is 130 Å². The number of nitrogens with zero attached hydrogens (tertiary/aromatic N) is 2. The van der Waals surface area contributed by atoms with Gasteiger partial charge in [0.1, 0.15) is 12.2 Å². The highest BCUT2D eigenvalue weighted by molar-refractivity contribution is 5.88. The molecule has 124 valence electrons. The SMILES string of the molecule is CCOC(=O)c1cn(C2CC(N3CCOC3=O)C2)c(=O)[nH]c1=O. The Morgan fingerprint density at radius 3 is 2.70 bits per heavy atom. The van der Waals surface area contributed by atoms with E-state index in [-0.39, 0.29) is 30.3 Å². The Hall–Kier alpha value is -2.58. The molecule has 3 rings (SSSR count). The minimum atomic E-state index is -0.763. The number of ether oxygens (including phenoxy) is 2. The molecule has 0 atom stereocenters. The molecule has 23 heavy (non-hydrogen) atoms. The van der Waals surface area contributed by atoms with Gasteiger partial charge >= 0.3 is 17.8 Å². The molecule has 0 aromatic carbocycles. The highest BCUT2D eigenvalue weighted by Gasteiger charge is 2.40. The number of aromatic nitrogens is 2. The zero-order valence-electron chi connectivity index (χ0n) is 12.6. The number of hydrogen-bond donors (Lipinski definition) is 1. The van der Waals surface area contributed by atoms with Gasteiger partial charge in [-0.2, -0.15) is 0 Å². The first kappa shape index (κ1) is 15.3. The number of carbonyl (C=O) groups excluding carboxylic acids is 2. The summed E-state index contributed by atoms with van der Waals surface area (Å²) >= 11 is 0. The number of cyclic esters (lactones) is 1. The molecule has 1 aliphatic carbocycles. The monoisotopic (exact) mass is 323 g/mol. The number of esters is 1. The summed E-state index contributed by atoms with van der Waals surface area (Å²) in [4.78, 5) is 50.7. The molecule has 1 saturated carbocycles. The lowest BCUT2D eigenvalue weighted by atomic mass is 9.85. The van der Waals surface area contributed by atoms with Gasteiger partial charge in [-0.15, -0.1) is 0 Å². The molecule has 2 fully saturated rings. The van der Waals surface area contributed by atoms with Gasteiger partial charge in [0.05, 0.1) is 13.2 Å². The van der Waals surface area contributed by atoms with E-state index in [0.29, 0.717) is 26.0 Å². The molecule has 2 aliphatic rings. The molecule has 0 radical (unpaired) electrons. The highest BCUT2D eigenvalue weighted by atomic mass is 16.6. The third-order valence-electron chi connectivity index (χ3n) is 4.18. The van der Waals surface area contributed by atoms with Crippen molar-refractivity contribution in [3.63, 3.8) is 0 Å². The van der Waals surface area contributed by atoms with Crippen LogP contribution < -0.4 is 11.2 Å². The Morgan fingerprint density at radius 1 is 1.35 bits per heavy atom. The summed E-state index contributed by atoms with van der Waals surface area (Å²) in [7, 11) is 0. The molecule has 0 unspecified atom stereocenters. The van der Waals surface area contributed by atoms with Crippen LogP contribution in [0.3, 0.4) is 0 Å². The van der Waals surface area contributed by atoms with Crippen molar-refractivity contribution in [2.75, 3.05) is 19.8 Å². The molecule has 1 aromatic heterocycles. The average molecular weight is 323 g/mol. The standard InChI is InChI=1S/C14H17N3O6/c1-2-22-12(19)10-7-17(13(20)15-11(10)18)9-5-8(6-9)16-3-4-23-14(16)21/h7-9H,2-6H2,1H3,(H,15,18,20). The topological polar surface area (TPSA) is 111 Å². The van der Waals surface area contributed by atoms with Gasteiger partial charge in [-0.25, -0.2) is 14.4 Å². The van der Waals surface area contributed by atoms with Crippen LogP contribution in [0, 0.1) is 0 Å². The van der Waals surface area contributed by atoms with Gasteiger partial charge in [0.2, 0.25) is 0 Å². The fraction of sp³-hybridized carbons (Fsp3) is 0.571. The van der Waals surface area contributed by atoms with E-state index in [1.807, 2.05) is 0 Å². The molecule has 9 heteroatoms. The van der Waals surface area contributed by atoms with Crippen molar-refractivity contribution < 1.29 is 19.1 Å². The van der Waals surface area contributed by atoms with E-state index >= 15 is 0 Å². The highest BCUT2D eigenvalue weighted by Crippen LogP contribution is 2.36. The number of aromatic amines is 1. The van der Waals surface area contributed by atoms with Crippen LogP contribution in [0.5, 0.6) is 0 Å². The van der Waals surface area contributed by atoms with E-state index in [9.17, 15) is 19.2 Å². The van der Waals surface area contributed by atoms with Crippen LogP contribution in [0.25, 0.3) is 0 Å². The van der Waals surface area contributed by atoms with Crippen molar-refractivity contribution >= 4 is 12.1 Å². The van der Waals surface area contributed by atoms with Crippen molar-refractivity contribution in [3.8, 4) is 0 Å². The van der Waals surface area contributed by atoms with Gasteiger partial charge in [-0.05, 0) is 19.8 Å². The number of hydrogen-bond acceptors (Lipinski definition) is 6. The predicted molar refractivity (Wildman–Crippen MR) is 77.4 cm³/mol. The molecule has 9 nitrogen and oxygen atoms in total. The average Bonchev–Trinajstić information content (AvgIpc) is 2.86. The smallest absolute Gasteiger partial charge is 0.410 e. The summed E-state index contributed by atoms with van der Waals surface area (Å²) in [6, 6.07) is -0.161. The van der Waals surface area contributed by atoms with Crippen LogP contribution in [-0.4, -0.2) is 52.3 Å². The number of amides is 1. The van der Waals surface area contributed by atoms with Crippen molar-refractivity contribution in [3.05, 3.63) is 32.6 Å². The van der Waals surface area contributed by atoms with Crippen LogP contribution >= 0.6 is 0 Å². The normalized spacial score (nSPS) is 23.3. The molecule has 1 N–H and O–H groups in total. The molecular formula is C14H17N3O6. The predicted octanol–water partition coefficient (Wildman–Crippen LogP) is -0.131. The Balaban J connectivity index is 1.77. The lowest BCUT2D eigenvalue weighted by Crippen LogP contribution is -2.48. The van der Waals surface area contributed by atoms with Crippen molar-refractivity contribution in [2.45, 2.75) is 31.8 Å². The van der Waals surface area contributed by atoms with Crippen molar-refractivity contribution in [1.82, 2.24) is 14.5 Å². The van der Waals surface area contributed by atoms with E-state index in [4.69, 9.17) is 9.47 Å². The van der Waals surface area contributed by atoms with E-state index in [1.54, 1.807) is 11.8 Å². The Morgan fingerprint density at radius 2 is 2.09 bits per heavy atom. The summed E-state index contributed by atoms with van der Waals surface area (Å²) in [5.74, 6) is -0.763. The molecule has 1 amide bonds. The van der Waals surface area contributed by atoms with Gasteiger partial charge < -0.3 is 14.4 Å². The fourth-order valence-corrected chi connectivity index (χ4v) is 2.89. The van der Waals surface area contributed by atoms with Gasteiger partial charge in [0.25, 0.3) is 5.56 Å². The van der Waals surface area contributed by atoms with Gasteiger partial charge in [-0.3, -0.25) is 14.3 Å². The first-order valence-corrected chi connectivity index (χ1v) is 7.47. The zero-order chi connectivity index (χ0) is 16.6. The first-order chi connectivity index (χ1) is 11.0. The Kier molecular flexibility index (Phi) is 3.93. The fourth-order valence-electron chi connectivity index (χ4n) is 2.89. The lowest BCUT2D eigenvalue weighted by Gasteiger charge is -2.40. The van der Waals surface area contributed by atoms with Crippen LogP contribution in [0.1, 0.15) is 36.2 Å². The van der Waals surface area contributed by atoms with E-state index < -0.39 is 17.2 Å².